The van der Waals surface area contributed by atoms with E-state index in [9.17, 15) is 0 Å². The molecular weight excluding hydrogens is 126 g/mol. The third-order valence-corrected chi connectivity index (χ3v) is 1.19. The molecule has 0 aliphatic rings. The average molecular weight is 143 g/mol. The molecule has 0 saturated heterocycles. The first-order valence-corrected chi connectivity index (χ1v) is 3.82. The Balaban J connectivity index is 3.13. The Bertz CT molecular complexity index is 91.3. The van der Waals surface area contributed by atoms with Crippen LogP contribution in [0.4, 0.5) is 0 Å². The third kappa shape index (κ3) is 5.79. The molecule has 0 aromatic rings. The molecule has 0 aromatic heterocycles. The summed E-state index contributed by atoms with van der Waals surface area (Å²) in [4.78, 5) is 0. The number of aliphatic hydroxyl groups excluding tert-OH is 1. The van der Waals surface area contributed by atoms with Crippen molar-refractivity contribution in [1.29, 1.82) is 0 Å². The van der Waals surface area contributed by atoms with Crippen molar-refractivity contribution in [1.82, 2.24) is 5.32 Å². The fourth-order valence-corrected chi connectivity index (χ4v) is 0.717. The predicted molar refractivity (Wildman–Crippen MR) is 44.0 cm³/mol. The van der Waals surface area contributed by atoms with Gasteiger partial charge in [-0.25, -0.2) is 0 Å². The molecule has 2 N–H and O–H groups in total. The zero-order valence-corrected chi connectivity index (χ0v) is 6.80. The van der Waals surface area contributed by atoms with E-state index >= 15 is 0 Å². The van der Waals surface area contributed by atoms with Crippen LogP contribution in [0.25, 0.3) is 0 Å². The lowest BCUT2D eigenvalue weighted by atomic mass is 10.3. The lowest BCUT2D eigenvalue weighted by Gasteiger charge is -2.05. The quantitative estimate of drug-likeness (QED) is 0.443. The van der Waals surface area contributed by atoms with Crippen molar-refractivity contribution in [2.75, 3.05) is 13.1 Å². The van der Waals surface area contributed by atoms with Crippen molar-refractivity contribution in [3.05, 3.63) is 12.2 Å². The Kier molecular flexibility index (Phi) is 6.55. The zero-order chi connectivity index (χ0) is 7.82. The van der Waals surface area contributed by atoms with Gasteiger partial charge in [0.1, 0.15) is 0 Å². The van der Waals surface area contributed by atoms with Gasteiger partial charge in [-0.2, -0.15) is 0 Å². The SMILES string of the molecule is CC=CC(O)CNCCC. The summed E-state index contributed by atoms with van der Waals surface area (Å²) >= 11 is 0. The van der Waals surface area contributed by atoms with E-state index in [1.54, 1.807) is 6.08 Å². The molecule has 0 fully saturated rings. The van der Waals surface area contributed by atoms with Gasteiger partial charge in [0.05, 0.1) is 6.10 Å². The fraction of sp³-hybridized carbons (Fsp3) is 0.750. The highest BCUT2D eigenvalue weighted by Gasteiger charge is 1.94. The maximum atomic E-state index is 9.13. The molecule has 0 heterocycles. The van der Waals surface area contributed by atoms with Gasteiger partial charge < -0.3 is 10.4 Å². The molecule has 0 spiro atoms. The van der Waals surface area contributed by atoms with E-state index in [4.69, 9.17) is 5.11 Å². The van der Waals surface area contributed by atoms with Gasteiger partial charge in [0, 0.05) is 6.54 Å². The van der Waals surface area contributed by atoms with Gasteiger partial charge in [-0.1, -0.05) is 19.1 Å². The lowest BCUT2D eigenvalue weighted by Crippen LogP contribution is -2.25. The molecular formula is C8H17NO. The van der Waals surface area contributed by atoms with Crippen molar-refractivity contribution in [2.45, 2.75) is 26.4 Å². The minimum absolute atomic E-state index is 0.323. The highest BCUT2D eigenvalue weighted by molar-refractivity contribution is 4.86. The molecule has 60 valence electrons. The zero-order valence-electron chi connectivity index (χ0n) is 6.80. The Labute approximate surface area is 62.9 Å². The normalized spacial score (nSPS) is 14.3. The van der Waals surface area contributed by atoms with Crippen LogP contribution in [0.15, 0.2) is 12.2 Å². The van der Waals surface area contributed by atoms with E-state index in [2.05, 4.69) is 12.2 Å². The van der Waals surface area contributed by atoms with Gasteiger partial charge >= 0.3 is 0 Å². The van der Waals surface area contributed by atoms with Crippen LogP contribution in [0.5, 0.6) is 0 Å². The summed E-state index contributed by atoms with van der Waals surface area (Å²) in [5.74, 6) is 0. The summed E-state index contributed by atoms with van der Waals surface area (Å²) in [6, 6.07) is 0. The van der Waals surface area contributed by atoms with E-state index in [-0.39, 0.29) is 6.10 Å². The third-order valence-electron chi connectivity index (χ3n) is 1.19. The lowest BCUT2D eigenvalue weighted by molar-refractivity contribution is 0.219. The topological polar surface area (TPSA) is 32.3 Å². The molecule has 0 rings (SSSR count). The fourth-order valence-electron chi connectivity index (χ4n) is 0.717. The van der Waals surface area contributed by atoms with Crippen LogP contribution in [0.3, 0.4) is 0 Å². The van der Waals surface area contributed by atoms with Crippen molar-refractivity contribution in [3.8, 4) is 0 Å². The van der Waals surface area contributed by atoms with Crippen molar-refractivity contribution in [2.24, 2.45) is 0 Å². The summed E-state index contributed by atoms with van der Waals surface area (Å²) in [5, 5.41) is 12.2. The first kappa shape index (κ1) is 9.66. The summed E-state index contributed by atoms with van der Waals surface area (Å²) in [5.41, 5.74) is 0. The summed E-state index contributed by atoms with van der Waals surface area (Å²) in [7, 11) is 0. The van der Waals surface area contributed by atoms with Crippen LogP contribution in [-0.4, -0.2) is 24.3 Å². The van der Waals surface area contributed by atoms with Gasteiger partial charge in [-0.05, 0) is 19.9 Å². The number of nitrogens with one attached hydrogen (secondary N) is 1. The van der Waals surface area contributed by atoms with Crippen molar-refractivity contribution < 1.29 is 5.11 Å². The number of hydrogen-bond acceptors (Lipinski definition) is 2. The first-order chi connectivity index (χ1) is 4.81. The molecule has 2 nitrogen and oxygen atoms in total. The number of aliphatic hydroxyl groups is 1. The Morgan fingerprint density at radius 3 is 2.80 bits per heavy atom. The van der Waals surface area contributed by atoms with Crippen LogP contribution in [0.2, 0.25) is 0 Å². The maximum Gasteiger partial charge on any atom is 0.0845 e. The van der Waals surface area contributed by atoms with Gasteiger partial charge in [0.25, 0.3) is 0 Å². The predicted octanol–water partition coefficient (Wildman–Crippen LogP) is 0.923. The van der Waals surface area contributed by atoms with E-state index in [1.807, 2.05) is 13.0 Å². The molecule has 0 amide bonds. The standard InChI is InChI=1S/C8H17NO/c1-3-5-8(10)7-9-6-4-2/h3,5,8-10H,4,6-7H2,1-2H3. The molecule has 0 radical (unpaired) electrons. The summed E-state index contributed by atoms with van der Waals surface area (Å²) < 4.78 is 0. The van der Waals surface area contributed by atoms with Crippen molar-refractivity contribution >= 4 is 0 Å². The first-order valence-electron chi connectivity index (χ1n) is 3.82. The smallest absolute Gasteiger partial charge is 0.0845 e. The van der Waals surface area contributed by atoms with E-state index in [0.717, 1.165) is 13.0 Å². The monoisotopic (exact) mass is 143 g/mol. The van der Waals surface area contributed by atoms with E-state index in [1.165, 1.54) is 0 Å². The van der Waals surface area contributed by atoms with Gasteiger partial charge in [0.2, 0.25) is 0 Å². The number of rotatable bonds is 5. The Morgan fingerprint density at radius 1 is 1.60 bits per heavy atom. The maximum absolute atomic E-state index is 9.13. The van der Waals surface area contributed by atoms with Gasteiger partial charge in [0.15, 0.2) is 0 Å². The van der Waals surface area contributed by atoms with Crippen LogP contribution >= 0.6 is 0 Å². The van der Waals surface area contributed by atoms with Crippen LogP contribution in [0, 0.1) is 0 Å². The highest BCUT2D eigenvalue weighted by atomic mass is 16.3. The average Bonchev–Trinajstić information content (AvgIpc) is 1.89. The number of hydrogen-bond donors (Lipinski definition) is 2. The molecule has 0 bridgehead atoms. The minimum atomic E-state index is -0.323. The molecule has 0 aliphatic heterocycles. The van der Waals surface area contributed by atoms with Crippen molar-refractivity contribution in [3.63, 3.8) is 0 Å². The largest absolute Gasteiger partial charge is 0.388 e. The second kappa shape index (κ2) is 6.78. The van der Waals surface area contributed by atoms with Gasteiger partial charge in [-0.15, -0.1) is 0 Å². The molecule has 1 atom stereocenters. The number of allylic oxidation sites excluding steroid dienone is 1. The van der Waals surface area contributed by atoms with E-state index < -0.39 is 0 Å². The summed E-state index contributed by atoms with van der Waals surface area (Å²) in [6.07, 6.45) is 4.43. The Hall–Kier alpha value is -0.340. The molecule has 0 saturated carbocycles. The minimum Gasteiger partial charge on any atom is -0.388 e. The van der Waals surface area contributed by atoms with E-state index in [0.29, 0.717) is 6.54 Å². The second-order valence-corrected chi connectivity index (χ2v) is 2.30. The Morgan fingerprint density at radius 2 is 2.30 bits per heavy atom. The summed E-state index contributed by atoms with van der Waals surface area (Å²) in [6.45, 7) is 5.66. The molecule has 10 heavy (non-hydrogen) atoms. The van der Waals surface area contributed by atoms with Gasteiger partial charge in [-0.3, -0.25) is 0 Å². The highest BCUT2D eigenvalue weighted by Crippen LogP contribution is 1.82. The van der Waals surface area contributed by atoms with Crippen LogP contribution < -0.4 is 5.32 Å². The molecule has 1 unspecified atom stereocenters. The second-order valence-electron chi connectivity index (χ2n) is 2.30. The molecule has 2 heteroatoms. The molecule has 0 aromatic carbocycles. The molecule has 0 aliphatic carbocycles. The van der Waals surface area contributed by atoms with Crippen LogP contribution in [-0.2, 0) is 0 Å². The van der Waals surface area contributed by atoms with Crippen LogP contribution in [0.1, 0.15) is 20.3 Å².